The lowest BCUT2D eigenvalue weighted by Crippen LogP contribution is -2.43. The maximum atomic E-state index is 11.6. The molecule has 1 rings (SSSR count). The van der Waals surface area contributed by atoms with Gasteiger partial charge in [-0.3, -0.25) is 0 Å². The third-order valence-corrected chi connectivity index (χ3v) is 3.15. The number of carboxylic acid groups (broad SMARTS) is 1. The van der Waals surface area contributed by atoms with Gasteiger partial charge in [0.25, 0.3) is 0 Å². The third-order valence-electron chi connectivity index (χ3n) is 2.17. The summed E-state index contributed by atoms with van der Waals surface area (Å²) >= 11 is 1.45. The lowest BCUT2D eigenvalue weighted by atomic mass is 10.2. The van der Waals surface area contributed by atoms with Gasteiger partial charge in [-0.05, 0) is 32.9 Å². The Morgan fingerprint density at radius 3 is 2.76 bits per heavy atom. The molecule has 0 aliphatic rings. The molecule has 1 heterocycles. The number of hydrogen-bond donors (Lipinski definition) is 2. The number of rotatable bonds is 7. The SMILES string of the molecule is CC(C)(C)OC(=O)NC(CCSCc1ncno1)C(=O)O. The van der Waals surface area contributed by atoms with Gasteiger partial charge in [-0.25, -0.2) is 9.59 Å². The van der Waals surface area contributed by atoms with E-state index in [2.05, 4.69) is 15.5 Å². The Bertz CT molecular complexity index is 458. The van der Waals surface area contributed by atoms with E-state index in [0.717, 1.165) is 0 Å². The van der Waals surface area contributed by atoms with E-state index in [-0.39, 0.29) is 6.42 Å². The smallest absolute Gasteiger partial charge is 0.408 e. The lowest BCUT2D eigenvalue weighted by molar-refractivity contribution is -0.139. The summed E-state index contributed by atoms with van der Waals surface area (Å²) in [7, 11) is 0. The Labute approximate surface area is 126 Å². The molecular weight excluding hydrogens is 298 g/mol. The fourth-order valence-corrected chi connectivity index (χ4v) is 2.18. The Hall–Kier alpha value is -1.77. The highest BCUT2D eigenvalue weighted by Crippen LogP contribution is 2.12. The topological polar surface area (TPSA) is 115 Å². The van der Waals surface area contributed by atoms with Crippen LogP contribution in [-0.4, -0.2) is 44.7 Å². The number of alkyl carbamates (subject to hydrolysis) is 1. The van der Waals surface area contributed by atoms with Gasteiger partial charge in [-0.1, -0.05) is 5.16 Å². The number of aromatic nitrogens is 2. The Balaban J connectivity index is 2.32. The maximum Gasteiger partial charge on any atom is 0.408 e. The van der Waals surface area contributed by atoms with E-state index in [0.29, 0.717) is 17.4 Å². The monoisotopic (exact) mass is 317 g/mol. The van der Waals surface area contributed by atoms with E-state index in [1.54, 1.807) is 20.8 Å². The van der Waals surface area contributed by atoms with E-state index >= 15 is 0 Å². The molecule has 1 atom stereocenters. The zero-order chi connectivity index (χ0) is 15.9. The summed E-state index contributed by atoms with van der Waals surface area (Å²) in [4.78, 5) is 26.5. The van der Waals surface area contributed by atoms with Crippen LogP contribution in [0, 0.1) is 0 Å². The van der Waals surface area contributed by atoms with Crippen LogP contribution in [0.2, 0.25) is 0 Å². The Kier molecular flexibility index (Phi) is 6.47. The first-order valence-electron chi connectivity index (χ1n) is 6.33. The molecule has 0 radical (unpaired) electrons. The average molecular weight is 317 g/mol. The van der Waals surface area contributed by atoms with Gasteiger partial charge in [-0.15, -0.1) is 0 Å². The van der Waals surface area contributed by atoms with Gasteiger partial charge in [0.15, 0.2) is 6.33 Å². The first kappa shape index (κ1) is 17.3. The summed E-state index contributed by atoms with van der Waals surface area (Å²) in [6, 6.07) is -0.991. The van der Waals surface area contributed by atoms with Gasteiger partial charge in [0, 0.05) is 0 Å². The van der Waals surface area contributed by atoms with Gasteiger partial charge in [0.05, 0.1) is 5.75 Å². The molecule has 118 valence electrons. The third kappa shape index (κ3) is 7.54. The van der Waals surface area contributed by atoms with Crippen LogP contribution in [0.4, 0.5) is 4.79 Å². The van der Waals surface area contributed by atoms with Crippen molar-refractivity contribution >= 4 is 23.8 Å². The van der Waals surface area contributed by atoms with Crippen LogP contribution in [0.3, 0.4) is 0 Å². The number of nitrogens with zero attached hydrogens (tertiary/aromatic N) is 2. The molecule has 1 aromatic heterocycles. The Morgan fingerprint density at radius 1 is 1.52 bits per heavy atom. The number of carboxylic acids is 1. The van der Waals surface area contributed by atoms with Gasteiger partial charge < -0.3 is 19.7 Å². The number of nitrogens with one attached hydrogen (secondary N) is 1. The zero-order valence-electron chi connectivity index (χ0n) is 12.2. The molecule has 0 aromatic carbocycles. The summed E-state index contributed by atoms with van der Waals surface area (Å²) in [6.45, 7) is 5.13. The highest BCUT2D eigenvalue weighted by molar-refractivity contribution is 7.98. The van der Waals surface area contributed by atoms with Gasteiger partial charge in [0.2, 0.25) is 5.89 Å². The van der Waals surface area contributed by atoms with Crippen molar-refractivity contribution < 1.29 is 24.0 Å². The van der Waals surface area contributed by atoms with Crippen molar-refractivity contribution in [3.8, 4) is 0 Å². The molecule has 0 saturated carbocycles. The molecule has 0 spiro atoms. The predicted octanol–water partition coefficient (Wildman–Crippen LogP) is 1.67. The van der Waals surface area contributed by atoms with Crippen molar-refractivity contribution in [1.82, 2.24) is 15.5 Å². The number of hydrogen-bond acceptors (Lipinski definition) is 7. The molecule has 0 aliphatic carbocycles. The molecule has 0 bridgehead atoms. The molecule has 9 heteroatoms. The van der Waals surface area contributed by atoms with E-state index < -0.39 is 23.7 Å². The van der Waals surface area contributed by atoms with Crippen LogP contribution in [-0.2, 0) is 15.3 Å². The fraction of sp³-hybridized carbons (Fsp3) is 0.667. The number of carbonyl (C=O) groups is 2. The molecule has 8 nitrogen and oxygen atoms in total. The summed E-state index contributed by atoms with van der Waals surface area (Å²) in [5.74, 6) is 0.403. The van der Waals surface area contributed by atoms with Crippen LogP contribution in [0.5, 0.6) is 0 Å². The molecule has 1 aromatic rings. The normalized spacial score (nSPS) is 12.7. The van der Waals surface area contributed by atoms with E-state index in [9.17, 15) is 9.59 Å². The molecule has 21 heavy (non-hydrogen) atoms. The number of amides is 1. The molecule has 1 unspecified atom stereocenters. The molecule has 0 fully saturated rings. The van der Waals surface area contributed by atoms with Crippen LogP contribution >= 0.6 is 11.8 Å². The number of ether oxygens (including phenoxy) is 1. The van der Waals surface area contributed by atoms with Crippen LogP contribution in [0.25, 0.3) is 0 Å². The second-order valence-electron chi connectivity index (χ2n) is 5.21. The number of thioether (sulfide) groups is 1. The molecule has 0 saturated heterocycles. The van der Waals surface area contributed by atoms with Crippen molar-refractivity contribution in [2.75, 3.05) is 5.75 Å². The quantitative estimate of drug-likeness (QED) is 0.730. The highest BCUT2D eigenvalue weighted by atomic mass is 32.2. The van der Waals surface area contributed by atoms with Crippen LogP contribution < -0.4 is 5.32 Å². The van der Waals surface area contributed by atoms with Crippen LogP contribution in [0.1, 0.15) is 33.1 Å². The Morgan fingerprint density at radius 2 is 2.24 bits per heavy atom. The molecule has 2 N–H and O–H groups in total. The summed E-state index contributed by atoms with van der Waals surface area (Å²) < 4.78 is 9.85. The standard InChI is InChI=1S/C12H19N3O5S/c1-12(2,3)19-11(18)15-8(10(16)17)4-5-21-6-9-13-7-14-20-9/h7-8H,4-6H2,1-3H3,(H,15,18)(H,16,17). The van der Waals surface area contributed by atoms with Gasteiger partial charge in [0.1, 0.15) is 11.6 Å². The second kappa shape index (κ2) is 7.87. The number of aliphatic carboxylic acids is 1. The summed E-state index contributed by atoms with van der Waals surface area (Å²) in [5, 5.41) is 14.9. The number of carbonyl (C=O) groups excluding carboxylic acids is 1. The minimum Gasteiger partial charge on any atom is -0.480 e. The van der Waals surface area contributed by atoms with Crippen molar-refractivity contribution in [2.45, 2.75) is 44.6 Å². The summed E-state index contributed by atoms with van der Waals surface area (Å²) in [6.07, 6.45) is 0.838. The van der Waals surface area contributed by atoms with Crippen LogP contribution in [0.15, 0.2) is 10.9 Å². The lowest BCUT2D eigenvalue weighted by Gasteiger charge is -2.21. The largest absolute Gasteiger partial charge is 0.480 e. The fourth-order valence-electron chi connectivity index (χ4n) is 1.33. The average Bonchev–Trinajstić information content (AvgIpc) is 2.83. The molecule has 1 amide bonds. The van der Waals surface area contributed by atoms with Gasteiger partial charge in [-0.2, -0.15) is 16.7 Å². The van der Waals surface area contributed by atoms with E-state index in [1.807, 2.05) is 0 Å². The minimum absolute atomic E-state index is 0.271. The van der Waals surface area contributed by atoms with E-state index in [4.69, 9.17) is 14.4 Å². The van der Waals surface area contributed by atoms with Crippen molar-refractivity contribution in [3.05, 3.63) is 12.2 Å². The summed E-state index contributed by atoms with van der Waals surface area (Å²) in [5.41, 5.74) is -0.667. The first-order chi connectivity index (χ1) is 9.78. The predicted molar refractivity (Wildman–Crippen MR) is 75.9 cm³/mol. The second-order valence-corrected chi connectivity index (χ2v) is 6.32. The molecule has 0 aliphatic heterocycles. The highest BCUT2D eigenvalue weighted by Gasteiger charge is 2.23. The van der Waals surface area contributed by atoms with Crippen molar-refractivity contribution in [2.24, 2.45) is 0 Å². The zero-order valence-corrected chi connectivity index (χ0v) is 13.0. The molecular formula is C12H19N3O5S. The van der Waals surface area contributed by atoms with Crippen molar-refractivity contribution in [3.63, 3.8) is 0 Å². The minimum atomic E-state index is -1.10. The first-order valence-corrected chi connectivity index (χ1v) is 7.49. The maximum absolute atomic E-state index is 11.6. The van der Waals surface area contributed by atoms with Gasteiger partial charge >= 0.3 is 12.1 Å². The van der Waals surface area contributed by atoms with Crippen molar-refractivity contribution in [1.29, 1.82) is 0 Å². The van der Waals surface area contributed by atoms with E-state index in [1.165, 1.54) is 18.1 Å².